The standard InChI is InChI=1S/C21H30N2O3/c1-2-18-21(25)23(17-12-8-9-13-19(17)26-18)15-14-20(24)22-16-10-6-4-3-5-7-11-16/h8-9,12-13,16,18H,2-7,10-11,14-15H2,1H3,(H,22,24). The first kappa shape index (κ1) is 18.7. The maximum absolute atomic E-state index is 12.7. The van der Waals surface area contributed by atoms with E-state index in [0.29, 0.717) is 25.4 Å². The second kappa shape index (κ2) is 9.06. The molecule has 0 aromatic heterocycles. The minimum Gasteiger partial charge on any atom is -0.478 e. The molecule has 1 N–H and O–H groups in total. The van der Waals surface area contributed by atoms with E-state index >= 15 is 0 Å². The van der Waals surface area contributed by atoms with Crippen LogP contribution in [0.5, 0.6) is 5.75 Å². The van der Waals surface area contributed by atoms with Gasteiger partial charge in [-0.3, -0.25) is 9.59 Å². The average molecular weight is 358 g/mol. The molecular formula is C21H30N2O3. The normalized spacial score (nSPS) is 21.3. The van der Waals surface area contributed by atoms with Gasteiger partial charge in [0, 0.05) is 19.0 Å². The number of fused-ring (bicyclic) bond motifs is 1. The van der Waals surface area contributed by atoms with Gasteiger partial charge in [0.25, 0.3) is 5.91 Å². The maximum Gasteiger partial charge on any atom is 0.268 e. The van der Waals surface area contributed by atoms with Crippen LogP contribution in [-0.4, -0.2) is 30.5 Å². The minimum absolute atomic E-state index is 0.0420. The Morgan fingerprint density at radius 1 is 1.15 bits per heavy atom. The fourth-order valence-corrected chi connectivity index (χ4v) is 3.88. The molecule has 5 heteroatoms. The summed E-state index contributed by atoms with van der Waals surface area (Å²) in [7, 11) is 0. The number of hydrogen-bond acceptors (Lipinski definition) is 3. The van der Waals surface area contributed by atoms with Crippen LogP contribution in [0.4, 0.5) is 5.69 Å². The molecule has 5 nitrogen and oxygen atoms in total. The molecule has 2 amide bonds. The number of nitrogens with zero attached hydrogens (tertiary/aromatic N) is 1. The van der Waals surface area contributed by atoms with Crippen molar-refractivity contribution in [3.8, 4) is 5.75 Å². The van der Waals surface area contributed by atoms with Crippen molar-refractivity contribution < 1.29 is 14.3 Å². The van der Waals surface area contributed by atoms with E-state index in [-0.39, 0.29) is 11.8 Å². The summed E-state index contributed by atoms with van der Waals surface area (Å²) >= 11 is 0. The number of rotatable bonds is 5. The van der Waals surface area contributed by atoms with Crippen molar-refractivity contribution in [2.24, 2.45) is 0 Å². The van der Waals surface area contributed by atoms with Crippen molar-refractivity contribution in [3.05, 3.63) is 24.3 Å². The Morgan fingerprint density at radius 2 is 1.85 bits per heavy atom. The Kier molecular flexibility index (Phi) is 6.53. The van der Waals surface area contributed by atoms with Gasteiger partial charge in [0.05, 0.1) is 5.69 Å². The molecule has 1 unspecified atom stereocenters. The summed E-state index contributed by atoms with van der Waals surface area (Å²) < 4.78 is 5.79. The number of anilines is 1. The van der Waals surface area contributed by atoms with Crippen molar-refractivity contribution in [1.29, 1.82) is 0 Å². The first-order chi connectivity index (χ1) is 12.7. The van der Waals surface area contributed by atoms with E-state index in [1.54, 1.807) is 4.90 Å². The summed E-state index contributed by atoms with van der Waals surface area (Å²) in [6, 6.07) is 7.85. The van der Waals surface area contributed by atoms with Crippen LogP contribution >= 0.6 is 0 Å². The van der Waals surface area contributed by atoms with Crippen molar-refractivity contribution in [2.75, 3.05) is 11.4 Å². The van der Waals surface area contributed by atoms with Crippen LogP contribution in [0.15, 0.2) is 24.3 Å². The zero-order valence-electron chi connectivity index (χ0n) is 15.7. The predicted octanol–water partition coefficient (Wildman–Crippen LogP) is 3.81. The van der Waals surface area contributed by atoms with Crippen molar-refractivity contribution in [3.63, 3.8) is 0 Å². The molecule has 1 aliphatic heterocycles. The van der Waals surface area contributed by atoms with Crippen molar-refractivity contribution >= 4 is 17.5 Å². The fraction of sp³-hybridized carbons (Fsp3) is 0.619. The number of hydrogen-bond donors (Lipinski definition) is 1. The quantitative estimate of drug-likeness (QED) is 0.871. The molecular weight excluding hydrogens is 328 g/mol. The van der Waals surface area contributed by atoms with Crippen LogP contribution in [0, 0.1) is 0 Å². The molecule has 1 saturated carbocycles. The van der Waals surface area contributed by atoms with Gasteiger partial charge in [-0.1, -0.05) is 51.2 Å². The second-order valence-electron chi connectivity index (χ2n) is 7.33. The Balaban J connectivity index is 1.59. The van der Waals surface area contributed by atoms with Crippen LogP contribution in [0.3, 0.4) is 0 Å². The van der Waals surface area contributed by atoms with Crippen LogP contribution < -0.4 is 15.0 Å². The van der Waals surface area contributed by atoms with E-state index in [4.69, 9.17) is 4.74 Å². The minimum atomic E-state index is -0.460. The number of carbonyl (C=O) groups excluding carboxylic acids is 2. The van der Waals surface area contributed by atoms with Gasteiger partial charge in [0.15, 0.2) is 6.10 Å². The molecule has 2 aliphatic rings. The fourth-order valence-electron chi connectivity index (χ4n) is 3.88. The lowest BCUT2D eigenvalue weighted by Crippen LogP contribution is -2.47. The molecule has 142 valence electrons. The van der Waals surface area contributed by atoms with Crippen molar-refractivity contribution in [1.82, 2.24) is 5.32 Å². The Bertz CT molecular complexity index is 623. The van der Waals surface area contributed by atoms with E-state index in [9.17, 15) is 9.59 Å². The highest BCUT2D eigenvalue weighted by molar-refractivity contribution is 6.00. The number of ether oxygens (including phenoxy) is 1. The van der Waals surface area contributed by atoms with E-state index in [0.717, 1.165) is 24.3 Å². The summed E-state index contributed by atoms with van der Waals surface area (Å²) in [5, 5.41) is 3.18. The largest absolute Gasteiger partial charge is 0.478 e. The van der Waals surface area contributed by atoms with Gasteiger partial charge in [-0.25, -0.2) is 0 Å². The predicted molar refractivity (Wildman–Crippen MR) is 102 cm³/mol. The molecule has 1 heterocycles. The van der Waals surface area contributed by atoms with Gasteiger partial charge in [0.2, 0.25) is 5.91 Å². The molecule has 0 saturated heterocycles. The van der Waals surface area contributed by atoms with E-state index in [1.165, 1.54) is 32.1 Å². The molecule has 3 rings (SSSR count). The number of carbonyl (C=O) groups is 2. The van der Waals surface area contributed by atoms with Gasteiger partial charge >= 0.3 is 0 Å². The summed E-state index contributed by atoms with van der Waals surface area (Å²) in [5.74, 6) is 0.713. The number of nitrogens with one attached hydrogen (secondary N) is 1. The molecule has 1 aliphatic carbocycles. The third kappa shape index (κ3) is 4.57. The van der Waals surface area contributed by atoms with E-state index < -0.39 is 6.10 Å². The first-order valence-electron chi connectivity index (χ1n) is 10.1. The SMILES string of the molecule is CCC1Oc2ccccc2N(CCC(=O)NC2CCCCCCC2)C1=O. The van der Waals surface area contributed by atoms with Gasteiger partial charge in [-0.05, 0) is 31.4 Å². The summed E-state index contributed by atoms with van der Waals surface area (Å²) in [6.07, 6.45) is 8.87. The number of amides is 2. The van der Waals surface area contributed by atoms with E-state index in [1.807, 2.05) is 31.2 Å². The lowest BCUT2D eigenvalue weighted by Gasteiger charge is -2.34. The zero-order valence-corrected chi connectivity index (χ0v) is 15.7. The smallest absolute Gasteiger partial charge is 0.268 e. The highest BCUT2D eigenvalue weighted by Crippen LogP contribution is 2.34. The third-order valence-electron chi connectivity index (χ3n) is 5.37. The van der Waals surface area contributed by atoms with Crippen LogP contribution in [0.1, 0.15) is 64.7 Å². The summed E-state index contributed by atoms with van der Waals surface area (Å²) in [5.41, 5.74) is 0.765. The Labute approximate surface area is 156 Å². The average Bonchev–Trinajstić information content (AvgIpc) is 2.62. The first-order valence-corrected chi connectivity index (χ1v) is 10.1. The van der Waals surface area contributed by atoms with E-state index in [2.05, 4.69) is 5.32 Å². The Morgan fingerprint density at radius 3 is 2.58 bits per heavy atom. The zero-order chi connectivity index (χ0) is 18.4. The van der Waals surface area contributed by atoms with Gasteiger partial charge in [-0.2, -0.15) is 0 Å². The molecule has 26 heavy (non-hydrogen) atoms. The number of benzene rings is 1. The summed E-state index contributed by atoms with van der Waals surface area (Å²) in [4.78, 5) is 26.8. The lowest BCUT2D eigenvalue weighted by molar-refractivity contribution is -0.126. The van der Waals surface area contributed by atoms with Gasteiger partial charge in [0.1, 0.15) is 5.75 Å². The molecule has 1 fully saturated rings. The maximum atomic E-state index is 12.7. The second-order valence-corrected chi connectivity index (χ2v) is 7.33. The Hall–Kier alpha value is -2.04. The van der Waals surface area contributed by atoms with Crippen LogP contribution in [-0.2, 0) is 9.59 Å². The third-order valence-corrected chi connectivity index (χ3v) is 5.37. The van der Waals surface area contributed by atoms with Crippen LogP contribution in [0.25, 0.3) is 0 Å². The summed E-state index contributed by atoms with van der Waals surface area (Å²) in [6.45, 7) is 2.34. The molecule has 0 bridgehead atoms. The molecule has 1 aromatic rings. The number of para-hydroxylation sites is 2. The molecule has 0 spiro atoms. The molecule has 0 radical (unpaired) electrons. The highest BCUT2D eigenvalue weighted by Gasteiger charge is 2.33. The topological polar surface area (TPSA) is 58.6 Å². The van der Waals surface area contributed by atoms with Crippen LogP contribution in [0.2, 0.25) is 0 Å². The lowest BCUT2D eigenvalue weighted by atomic mass is 9.96. The van der Waals surface area contributed by atoms with Gasteiger partial charge < -0.3 is 15.0 Å². The molecule has 1 atom stereocenters. The highest BCUT2D eigenvalue weighted by atomic mass is 16.5. The monoisotopic (exact) mass is 358 g/mol. The van der Waals surface area contributed by atoms with Crippen molar-refractivity contribution in [2.45, 2.75) is 76.9 Å². The molecule has 1 aromatic carbocycles. The van der Waals surface area contributed by atoms with Gasteiger partial charge in [-0.15, -0.1) is 0 Å².